The highest BCUT2D eigenvalue weighted by molar-refractivity contribution is 7.16. The molecule has 1 aromatic carbocycles. The van der Waals surface area contributed by atoms with Crippen LogP contribution in [-0.4, -0.2) is 62.9 Å². The topological polar surface area (TPSA) is 90.6 Å². The summed E-state index contributed by atoms with van der Waals surface area (Å²) in [5, 5.41) is 6.37. The zero-order chi connectivity index (χ0) is 28.4. The van der Waals surface area contributed by atoms with Crippen LogP contribution in [0.25, 0.3) is 32.8 Å². The van der Waals surface area contributed by atoms with Gasteiger partial charge in [0.2, 0.25) is 0 Å². The molecule has 2 aliphatic rings. The number of amides is 2. The zero-order valence-electron chi connectivity index (χ0n) is 24.0. The highest BCUT2D eigenvalue weighted by atomic mass is 32.1. The lowest BCUT2D eigenvalue weighted by Gasteiger charge is -2.39. The van der Waals surface area contributed by atoms with Crippen LogP contribution in [0.5, 0.6) is 5.75 Å². The van der Waals surface area contributed by atoms with Gasteiger partial charge in [-0.2, -0.15) is 0 Å². The Morgan fingerprint density at radius 2 is 1.98 bits per heavy atom. The van der Waals surface area contributed by atoms with Crippen LogP contribution >= 0.6 is 11.3 Å². The second kappa shape index (κ2) is 9.54. The third kappa shape index (κ3) is 4.52. The molecular formula is C30H37N5O4S. The molecule has 1 spiro atoms. The Hall–Kier alpha value is -3.53. The molecule has 3 aromatic heterocycles. The Morgan fingerprint density at radius 3 is 2.65 bits per heavy atom. The molecule has 1 saturated heterocycles. The Kier molecular flexibility index (Phi) is 6.36. The first-order chi connectivity index (χ1) is 19.0. The van der Waals surface area contributed by atoms with Crippen LogP contribution in [0.3, 0.4) is 0 Å². The fourth-order valence-corrected chi connectivity index (χ4v) is 7.07. The predicted octanol–water partition coefficient (Wildman–Crippen LogP) is 5.80. The molecule has 4 heterocycles. The number of imidazole rings is 1. The van der Waals surface area contributed by atoms with Crippen molar-refractivity contribution in [3.05, 3.63) is 35.2 Å². The fraction of sp³-hybridized carbons (Fsp3) is 0.500. The molecule has 40 heavy (non-hydrogen) atoms. The van der Waals surface area contributed by atoms with Gasteiger partial charge in [0.05, 0.1) is 24.4 Å². The Morgan fingerprint density at radius 1 is 1.20 bits per heavy atom. The van der Waals surface area contributed by atoms with Crippen molar-refractivity contribution in [2.45, 2.75) is 65.1 Å². The van der Waals surface area contributed by atoms with E-state index in [4.69, 9.17) is 14.5 Å². The van der Waals surface area contributed by atoms with Gasteiger partial charge in [0.15, 0.2) is 5.82 Å². The zero-order valence-corrected chi connectivity index (χ0v) is 24.9. The molecular weight excluding hydrogens is 526 g/mol. The van der Waals surface area contributed by atoms with E-state index in [1.165, 1.54) is 10.2 Å². The maximum atomic E-state index is 13.8. The van der Waals surface area contributed by atoms with Gasteiger partial charge in [0, 0.05) is 37.6 Å². The number of fused-ring (bicyclic) bond motifs is 2. The Balaban J connectivity index is 1.31. The highest BCUT2D eigenvalue weighted by Gasteiger charge is 2.53. The van der Waals surface area contributed by atoms with Gasteiger partial charge in [0.1, 0.15) is 21.7 Å². The summed E-state index contributed by atoms with van der Waals surface area (Å²) in [5.74, 6) is 1.35. The molecule has 1 unspecified atom stereocenters. The minimum absolute atomic E-state index is 0.0627. The van der Waals surface area contributed by atoms with Gasteiger partial charge in [-0.25, -0.2) is 9.78 Å². The number of thiophene rings is 1. The second-order valence-electron chi connectivity index (χ2n) is 12.1. The molecule has 1 atom stereocenters. The lowest BCUT2D eigenvalue weighted by Crippen LogP contribution is -2.55. The van der Waals surface area contributed by atoms with Crippen molar-refractivity contribution in [2.75, 3.05) is 20.2 Å². The molecule has 212 valence electrons. The Labute approximate surface area is 238 Å². The van der Waals surface area contributed by atoms with E-state index in [1.54, 1.807) is 18.4 Å². The molecule has 2 amide bonds. The summed E-state index contributed by atoms with van der Waals surface area (Å²) >= 11 is 1.72. The maximum absolute atomic E-state index is 13.8. The maximum Gasteiger partial charge on any atom is 0.407 e. The van der Waals surface area contributed by atoms with Crippen molar-refractivity contribution in [2.24, 2.45) is 12.5 Å². The fourth-order valence-electron chi connectivity index (χ4n) is 6.10. The van der Waals surface area contributed by atoms with Gasteiger partial charge in [-0.1, -0.05) is 0 Å². The van der Waals surface area contributed by atoms with Crippen molar-refractivity contribution >= 4 is 44.6 Å². The minimum atomic E-state index is -0.577. The lowest BCUT2D eigenvalue weighted by molar-refractivity contribution is 0.0380. The summed E-state index contributed by atoms with van der Waals surface area (Å²) in [7, 11) is 3.61. The SMILES string of the molecule is CCn1c(-c2nc3cc(C(=O)N4CCC5(CC5)C(NC(=O)OC(C)(C)C)C4)cc(OC)c3n2C)cc2ccsc21. The quantitative estimate of drug-likeness (QED) is 0.331. The first-order valence-electron chi connectivity index (χ1n) is 13.9. The van der Waals surface area contributed by atoms with E-state index in [9.17, 15) is 9.59 Å². The number of carbonyl (C=O) groups excluding carboxylic acids is 2. The number of benzene rings is 1. The molecule has 6 rings (SSSR count). The number of carbonyl (C=O) groups is 2. The summed E-state index contributed by atoms with van der Waals surface area (Å²) in [6.45, 7) is 9.63. The number of likely N-dealkylation sites (tertiary alicyclic amines) is 1. The number of alkyl carbamates (subject to hydrolysis) is 1. The Bertz CT molecular complexity index is 1620. The van der Waals surface area contributed by atoms with Crippen LogP contribution in [0.1, 0.15) is 57.3 Å². The molecule has 1 aliphatic heterocycles. The summed E-state index contributed by atoms with van der Waals surface area (Å²) < 4.78 is 15.6. The number of rotatable bonds is 5. The number of nitrogens with one attached hydrogen (secondary N) is 1. The van der Waals surface area contributed by atoms with E-state index in [0.717, 1.165) is 42.8 Å². The normalized spacial score (nSPS) is 18.4. The monoisotopic (exact) mass is 563 g/mol. The van der Waals surface area contributed by atoms with Crippen LogP contribution in [0.15, 0.2) is 29.6 Å². The predicted molar refractivity (Wildman–Crippen MR) is 157 cm³/mol. The number of aromatic nitrogens is 3. The smallest absolute Gasteiger partial charge is 0.407 e. The first kappa shape index (κ1) is 26.7. The summed E-state index contributed by atoms with van der Waals surface area (Å²) in [6, 6.07) is 7.84. The molecule has 9 nitrogen and oxygen atoms in total. The average molecular weight is 564 g/mol. The van der Waals surface area contributed by atoms with Crippen molar-refractivity contribution in [3.63, 3.8) is 0 Å². The number of hydrogen-bond donors (Lipinski definition) is 1. The molecule has 0 bridgehead atoms. The van der Waals surface area contributed by atoms with E-state index < -0.39 is 11.7 Å². The van der Waals surface area contributed by atoms with Gasteiger partial charge >= 0.3 is 6.09 Å². The third-order valence-corrected chi connectivity index (χ3v) is 9.29. The average Bonchev–Trinajstić information content (AvgIpc) is 3.21. The molecule has 10 heteroatoms. The van der Waals surface area contributed by atoms with Crippen LogP contribution in [0.4, 0.5) is 4.79 Å². The van der Waals surface area contributed by atoms with E-state index in [2.05, 4.69) is 34.3 Å². The van der Waals surface area contributed by atoms with Crippen molar-refractivity contribution in [3.8, 4) is 17.3 Å². The third-order valence-electron chi connectivity index (χ3n) is 8.34. The van der Waals surface area contributed by atoms with Gasteiger partial charge in [-0.15, -0.1) is 11.3 Å². The second-order valence-corrected chi connectivity index (χ2v) is 13.0. The van der Waals surface area contributed by atoms with Gasteiger partial charge in [-0.05, 0) is 82.0 Å². The number of ether oxygens (including phenoxy) is 2. The number of hydrogen-bond acceptors (Lipinski definition) is 6. The number of nitrogens with zero attached hydrogens (tertiary/aromatic N) is 4. The minimum Gasteiger partial charge on any atom is -0.494 e. The lowest BCUT2D eigenvalue weighted by atomic mass is 9.88. The van der Waals surface area contributed by atoms with Crippen molar-refractivity contribution in [1.82, 2.24) is 24.3 Å². The molecule has 4 aromatic rings. The number of methoxy groups -OCH3 is 1. The molecule has 1 saturated carbocycles. The van der Waals surface area contributed by atoms with Gasteiger partial charge < -0.3 is 28.8 Å². The van der Waals surface area contributed by atoms with Crippen LogP contribution in [0.2, 0.25) is 0 Å². The highest BCUT2D eigenvalue weighted by Crippen LogP contribution is 2.54. The summed E-state index contributed by atoms with van der Waals surface area (Å²) in [6.07, 6.45) is 2.54. The van der Waals surface area contributed by atoms with Gasteiger partial charge in [0.25, 0.3) is 5.91 Å². The molecule has 1 aliphatic carbocycles. The molecule has 1 N–H and O–H groups in total. The van der Waals surface area contributed by atoms with Gasteiger partial charge in [-0.3, -0.25) is 4.79 Å². The standard InChI is InChI=1S/C30H37N5O4S/c1-7-35-21(15-18-8-13-40-27(18)35)25-31-20-14-19(16-22(38-6)24(20)33(25)5)26(36)34-12-11-30(9-10-30)23(17-34)32-28(37)39-29(2,3)4/h8,13-16,23H,7,9-12,17H2,1-6H3,(H,32,37). The summed E-state index contributed by atoms with van der Waals surface area (Å²) in [4.78, 5) is 34.5. The first-order valence-corrected chi connectivity index (χ1v) is 14.8. The van der Waals surface area contributed by atoms with E-state index >= 15 is 0 Å². The number of piperidine rings is 1. The van der Waals surface area contributed by atoms with E-state index in [0.29, 0.717) is 29.9 Å². The number of aryl methyl sites for hydroxylation is 2. The van der Waals surface area contributed by atoms with Crippen LogP contribution < -0.4 is 10.1 Å². The molecule has 0 radical (unpaired) electrons. The molecule has 2 fully saturated rings. The summed E-state index contributed by atoms with van der Waals surface area (Å²) in [5.41, 5.74) is 2.62. The van der Waals surface area contributed by atoms with Crippen molar-refractivity contribution in [1.29, 1.82) is 0 Å². The van der Waals surface area contributed by atoms with Crippen LogP contribution in [0, 0.1) is 5.41 Å². The van der Waals surface area contributed by atoms with Crippen molar-refractivity contribution < 1.29 is 19.1 Å². The van der Waals surface area contributed by atoms with E-state index in [-0.39, 0.29) is 17.4 Å². The van der Waals surface area contributed by atoms with E-state index in [1.807, 2.05) is 49.4 Å². The van der Waals surface area contributed by atoms with Crippen LogP contribution in [-0.2, 0) is 18.3 Å². The largest absolute Gasteiger partial charge is 0.494 e.